The molecule has 0 radical (unpaired) electrons. The molecule has 0 spiro atoms. The number of carbonyl (C=O) groups is 2. The van der Waals surface area contributed by atoms with Crippen LogP contribution in [0.25, 0.3) is 0 Å². The van der Waals surface area contributed by atoms with Crippen LogP contribution in [0.2, 0.25) is 0 Å². The van der Waals surface area contributed by atoms with Crippen molar-refractivity contribution in [2.45, 2.75) is 33.1 Å². The van der Waals surface area contributed by atoms with Crippen LogP contribution in [-0.4, -0.2) is 18.4 Å². The summed E-state index contributed by atoms with van der Waals surface area (Å²) in [4.78, 5) is 24.8. The molecule has 0 saturated carbocycles. The predicted octanol–water partition coefficient (Wildman–Crippen LogP) is 5.56. The molecule has 2 amide bonds. The minimum Gasteiger partial charge on any atom is -0.484 e. The maximum Gasteiger partial charge on any atom is 0.262 e. The molecule has 5 heteroatoms. The van der Waals surface area contributed by atoms with Gasteiger partial charge in [0.25, 0.3) is 11.8 Å². The zero-order valence-corrected chi connectivity index (χ0v) is 18.4. The standard InChI is InChI=1S/C26H28N2O3/c1-18-7-5-10-23(15-18)31-17-24(29)27-21-8-6-9-22(16-21)28-25(30)19-11-13-20(14-12-19)26(2,3)4/h5-16H,17H2,1-4H3,(H,27,29)(H,28,30). The molecule has 3 aromatic carbocycles. The van der Waals surface area contributed by atoms with Gasteiger partial charge in [0.1, 0.15) is 5.75 Å². The van der Waals surface area contributed by atoms with Gasteiger partial charge in [0.05, 0.1) is 0 Å². The van der Waals surface area contributed by atoms with Gasteiger partial charge < -0.3 is 15.4 Å². The molecule has 0 atom stereocenters. The Labute approximate surface area is 183 Å². The SMILES string of the molecule is Cc1cccc(OCC(=O)Nc2cccc(NC(=O)c3ccc(C(C)(C)C)cc3)c2)c1. The molecule has 0 fully saturated rings. The zero-order valence-electron chi connectivity index (χ0n) is 18.4. The van der Waals surface area contributed by atoms with Gasteiger partial charge in [0, 0.05) is 16.9 Å². The molecule has 5 nitrogen and oxygen atoms in total. The van der Waals surface area contributed by atoms with E-state index in [0.717, 1.165) is 5.56 Å². The van der Waals surface area contributed by atoms with Crippen LogP contribution < -0.4 is 15.4 Å². The van der Waals surface area contributed by atoms with Gasteiger partial charge in [-0.1, -0.05) is 51.1 Å². The average molecular weight is 417 g/mol. The van der Waals surface area contributed by atoms with Crippen molar-refractivity contribution in [1.29, 1.82) is 0 Å². The molecule has 0 unspecified atom stereocenters. The summed E-state index contributed by atoms with van der Waals surface area (Å²) in [6.07, 6.45) is 0. The zero-order chi connectivity index (χ0) is 22.4. The quantitative estimate of drug-likeness (QED) is 0.553. The number of anilines is 2. The molecule has 0 aliphatic rings. The Bertz CT molecular complexity index is 1070. The van der Waals surface area contributed by atoms with Gasteiger partial charge in [-0.05, 0) is 65.9 Å². The molecule has 0 heterocycles. The highest BCUT2D eigenvalue weighted by Gasteiger charge is 2.14. The van der Waals surface area contributed by atoms with Crippen LogP contribution >= 0.6 is 0 Å². The van der Waals surface area contributed by atoms with Crippen LogP contribution in [0.4, 0.5) is 11.4 Å². The minimum absolute atomic E-state index is 0.0323. The first-order chi connectivity index (χ1) is 14.7. The Kier molecular flexibility index (Phi) is 6.75. The van der Waals surface area contributed by atoms with Gasteiger partial charge in [-0.15, -0.1) is 0 Å². The van der Waals surface area contributed by atoms with Crippen LogP contribution in [0.1, 0.15) is 42.3 Å². The van der Waals surface area contributed by atoms with Crippen molar-refractivity contribution in [3.05, 3.63) is 89.5 Å². The lowest BCUT2D eigenvalue weighted by atomic mass is 9.87. The van der Waals surface area contributed by atoms with E-state index < -0.39 is 0 Å². The monoisotopic (exact) mass is 416 g/mol. The van der Waals surface area contributed by atoms with Crippen LogP contribution in [0.3, 0.4) is 0 Å². The fraction of sp³-hybridized carbons (Fsp3) is 0.231. The molecular formula is C26H28N2O3. The molecule has 0 aliphatic heterocycles. The Morgan fingerprint density at radius 1 is 0.839 bits per heavy atom. The Morgan fingerprint density at radius 2 is 1.48 bits per heavy atom. The van der Waals surface area contributed by atoms with Crippen molar-refractivity contribution in [1.82, 2.24) is 0 Å². The van der Waals surface area contributed by atoms with Crippen LogP contribution in [0.15, 0.2) is 72.8 Å². The maximum absolute atomic E-state index is 12.6. The summed E-state index contributed by atoms with van der Waals surface area (Å²) < 4.78 is 5.53. The van der Waals surface area contributed by atoms with Gasteiger partial charge >= 0.3 is 0 Å². The number of aryl methyl sites for hydroxylation is 1. The van der Waals surface area contributed by atoms with Gasteiger partial charge in [-0.25, -0.2) is 0 Å². The highest BCUT2D eigenvalue weighted by atomic mass is 16.5. The van der Waals surface area contributed by atoms with E-state index in [9.17, 15) is 9.59 Å². The third-order valence-corrected chi connectivity index (χ3v) is 4.78. The van der Waals surface area contributed by atoms with Crippen LogP contribution in [0, 0.1) is 6.92 Å². The third-order valence-electron chi connectivity index (χ3n) is 4.78. The first kappa shape index (κ1) is 22.1. The highest BCUT2D eigenvalue weighted by Crippen LogP contribution is 2.23. The van der Waals surface area contributed by atoms with Crippen molar-refractivity contribution < 1.29 is 14.3 Å². The second-order valence-electron chi connectivity index (χ2n) is 8.52. The summed E-state index contributed by atoms with van der Waals surface area (Å²) in [7, 11) is 0. The Hall–Kier alpha value is -3.60. The second kappa shape index (κ2) is 9.47. The van der Waals surface area contributed by atoms with Crippen molar-refractivity contribution >= 4 is 23.2 Å². The van der Waals surface area contributed by atoms with E-state index in [2.05, 4.69) is 31.4 Å². The van der Waals surface area contributed by atoms with E-state index in [1.54, 1.807) is 24.3 Å². The van der Waals surface area contributed by atoms with E-state index in [-0.39, 0.29) is 23.8 Å². The van der Waals surface area contributed by atoms with Gasteiger partial charge in [0.15, 0.2) is 6.61 Å². The summed E-state index contributed by atoms with van der Waals surface area (Å²) >= 11 is 0. The first-order valence-corrected chi connectivity index (χ1v) is 10.2. The fourth-order valence-electron chi connectivity index (χ4n) is 3.05. The fourth-order valence-corrected chi connectivity index (χ4v) is 3.05. The molecule has 31 heavy (non-hydrogen) atoms. The number of benzene rings is 3. The number of nitrogens with one attached hydrogen (secondary N) is 2. The van der Waals surface area contributed by atoms with E-state index in [1.807, 2.05) is 55.5 Å². The number of hydrogen-bond donors (Lipinski definition) is 2. The van der Waals surface area contributed by atoms with Gasteiger partial charge in [-0.2, -0.15) is 0 Å². The van der Waals surface area contributed by atoms with E-state index in [4.69, 9.17) is 4.74 Å². The van der Waals surface area contributed by atoms with Crippen molar-refractivity contribution in [2.75, 3.05) is 17.2 Å². The lowest BCUT2D eigenvalue weighted by Crippen LogP contribution is -2.20. The number of carbonyl (C=O) groups excluding carboxylic acids is 2. The van der Waals surface area contributed by atoms with Gasteiger partial charge in [0.2, 0.25) is 0 Å². The molecule has 160 valence electrons. The smallest absolute Gasteiger partial charge is 0.262 e. The first-order valence-electron chi connectivity index (χ1n) is 10.2. The predicted molar refractivity (Wildman–Crippen MR) is 125 cm³/mol. The largest absolute Gasteiger partial charge is 0.484 e. The number of hydrogen-bond acceptors (Lipinski definition) is 3. The van der Waals surface area contributed by atoms with E-state index in [0.29, 0.717) is 22.7 Å². The van der Waals surface area contributed by atoms with E-state index >= 15 is 0 Å². The summed E-state index contributed by atoms with van der Waals surface area (Å²) in [5.41, 5.74) is 4.02. The van der Waals surface area contributed by atoms with Crippen molar-refractivity contribution in [2.24, 2.45) is 0 Å². The molecule has 0 aromatic heterocycles. The van der Waals surface area contributed by atoms with Crippen molar-refractivity contribution in [3.8, 4) is 5.75 Å². The second-order valence-corrected chi connectivity index (χ2v) is 8.52. The summed E-state index contributed by atoms with van der Waals surface area (Å²) in [5.74, 6) is 0.170. The van der Waals surface area contributed by atoms with Crippen molar-refractivity contribution in [3.63, 3.8) is 0 Å². The molecule has 0 saturated heterocycles. The molecule has 3 rings (SSSR count). The minimum atomic E-state index is -0.275. The van der Waals surface area contributed by atoms with Crippen LogP contribution in [0.5, 0.6) is 5.75 Å². The third kappa shape index (κ3) is 6.44. The van der Waals surface area contributed by atoms with Gasteiger partial charge in [-0.3, -0.25) is 9.59 Å². The molecule has 0 aliphatic carbocycles. The number of ether oxygens (including phenoxy) is 1. The summed E-state index contributed by atoms with van der Waals surface area (Å²) in [6, 6.07) is 22.1. The molecule has 2 N–H and O–H groups in total. The lowest BCUT2D eigenvalue weighted by Gasteiger charge is -2.19. The van der Waals surface area contributed by atoms with Crippen LogP contribution in [-0.2, 0) is 10.2 Å². The highest BCUT2D eigenvalue weighted by molar-refractivity contribution is 6.04. The Morgan fingerprint density at radius 3 is 2.13 bits per heavy atom. The summed E-state index contributed by atoms with van der Waals surface area (Å²) in [6.45, 7) is 8.27. The normalized spacial score (nSPS) is 11.0. The lowest BCUT2D eigenvalue weighted by molar-refractivity contribution is -0.118. The Balaban J connectivity index is 1.58. The molecule has 0 bridgehead atoms. The topological polar surface area (TPSA) is 67.4 Å². The molecular weight excluding hydrogens is 388 g/mol. The van der Waals surface area contributed by atoms with E-state index in [1.165, 1.54) is 5.56 Å². The average Bonchev–Trinajstić information content (AvgIpc) is 2.72. The summed E-state index contributed by atoms with van der Waals surface area (Å²) in [5, 5.41) is 5.66. The molecule has 3 aromatic rings. The maximum atomic E-state index is 12.6. The number of rotatable bonds is 6. The number of amides is 2.